The lowest BCUT2D eigenvalue weighted by atomic mass is 9.80. The van der Waals surface area contributed by atoms with Crippen molar-refractivity contribution in [3.63, 3.8) is 0 Å². The van der Waals surface area contributed by atoms with Crippen LogP contribution in [0.3, 0.4) is 0 Å². The normalized spacial score (nSPS) is 31.4. The molecule has 1 aromatic rings. The summed E-state index contributed by atoms with van der Waals surface area (Å²) in [5.41, 5.74) is 0.338. The van der Waals surface area contributed by atoms with E-state index in [4.69, 9.17) is 16.3 Å². The van der Waals surface area contributed by atoms with Gasteiger partial charge in [-0.2, -0.15) is 0 Å². The molecular weight excluding hydrogens is 342 g/mol. The van der Waals surface area contributed by atoms with Gasteiger partial charge in [0.2, 0.25) is 0 Å². The van der Waals surface area contributed by atoms with E-state index in [9.17, 15) is 4.79 Å². The lowest BCUT2D eigenvalue weighted by Crippen LogP contribution is -2.51. The summed E-state index contributed by atoms with van der Waals surface area (Å²) in [6.45, 7) is 0. The van der Waals surface area contributed by atoms with E-state index in [-0.39, 0.29) is 5.97 Å². The molecule has 3 atom stereocenters. The maximum absolute atomic E-state index is 12.4. The number of carbonyl (C=O) groups excluding carboxylic acids is 1. The summed E-state index contributed by atoms with van der Waals surface area (Å²) in [4.78, 5) is 12.4. The topological polar surface area (TPSA) is 38.3 Å². The summed E-state index contributed by atoms with van der Waals surface area (Å²) in [5, 5.41) is 4.10. The summed E-state index contributed by atoms with van der Waals surface area (Å²) in [7, 11) is 1.47. The van der Waals surface area contributed by atoms with E-state index in [1.807, 2.05) is 18.2 Å². The predicted octanol–water partition coefficient (Wildman–Crippen LogP) is 4.25. The van der Waals surface area contributed by atoms with Crippen LogP contribution in [0.2, 0.25) is 5.02 Å². The number of fused-ring (bicyclic) bond motifs is 2. The Hall–Kier alpha value is -0.740. The third kappa shape index (κ3) is 2.23. The number of benzene rings is 1. The van der Waals surface area contributed by atoms with E-state index in [1.54, 1.807) is 0 Å². The zero-order valence-electron chi connectivity index (χ0n) is 11.3. The van der Waals surface area contributed by atoms with E-state index in [1.165, 1.54) is 13.5 Å². The maximum atomic E-state index is 12.4. The van der Waals surface area contributed by atoms with Gasteiger partial charge in [-0.15, -0.1) is 0 Å². The van der Waals surface area contributed by atoms with E-state index in [0.29, 0.717) is 16.9 Å². The molecule has 0 aromatic heterocycles. The van der Waals surface area contributed by atoms with Crippen molar-refractivity contribution < 1.29 is 9.53 Å². The summed E-state index contributed by atoms with van der Waals surface area (Å²) in [6.07, 6.45) is 4.32. The van der Waals surface area contributed by atoms with E-state index in [0.717, 1.165) is 29.4 Å². The molecule has 108 valence electrons. The molecule has 2 saturated carbocycles. The molecule has 0 saturated heterocycles. The number of hydrogen-bond acceptors (Lipinski definition) is 3. The molecule has 5 heteroatoms. The van der Waals surface area contributed by atoms with Crippen molar-refractivity contribution in [3.05, 3.63) is 27.7 Å². The number of esters is 1. The first-order valence-corrected chi connectivity index (χ1v) is 8.04. The van der Waals surface area contributed by atoms with Crippen molar-refractivity contribution in [1.82, 2.24) is 0 Å². The van der Waals surface area contributed by atoms with Crippen molar-refractivity contribution in [2.75, 3.05) is 12.4 Å². The minimum Gasteiger partial charge on any atom is -0.467 e. The smallest absolute Gasteiger partial charge is 0.331 e. The van der Waals surface area contributed by atoms with Crippen molar-refractivity contribution in [1.29, 1.82) is 0 Å². The Balaban J connectivity index is 1.91. The van der Waals surface area contributed by atoms with Gasteiger partial charge in [0.1, 0.15) is 5.54 Å². The minimum absolute atomic E-state index is 0.143. The quantitative estimate of drug-likeness (QED) is 0.821. The number of hydrogen-bond donors (Lipinski definition) is 1. The van der Waals surface area contributed by atoms with Crippen LogP contribution in [0.1, 0.15) is 25.7 Å². The molecule has 20 heavy (non-hydrogen) atoms. The number of nitrogens with one attached hydrogen (secondary N) is 1. The Bertz CT molecular complexity index is 551. The summed E-state index contributed by atoms with van der Waals surface area (Å²) in [6, 6.07) is 5.65. The first-order valence-electron chi connectivity index (χ1n) is 6.87. The molecule has 0 spiro atoms. The largest absolute Gasteiger partial charge is 0.467 e. The van der Waals surface area contributed by atoms with Crippen molar-refractivity contribution in [2.45, 2.75) is 31.2 Å². The van der Waals surface area contributed by atoms with Gasteiger partial charge in [0, 0.05) is 10.2 Å². The fourth-order valence-corrected chi connectivity index (χ4v) is 4.29. The lowest BCUT2D eigenvalue weighted by Gasteiger charge is -2.36. The van der Waals surface area contributed by atoms with Gasteiger partial charge in [-0.3, -0.25) is 0 Å². The van der Waals surface area contributed by atoms with Crippen LogP contribution >= 0.6 is 27.5 Å². The van der Waals surface area contributed by atoms with Crippen molar-refractivity contribution >= 4 is 39.2 Å². The average Bonchev–Trinajstić information content (AvgIpc) is 3.03. The zero-order chi connectivity index (χ0) is 14.3. The number of ether oxygens (including phenoxy) is 1. The molecule has 0 amide bonds. The molecular formula is C15H17BrClNO2. The van der Waals surface area contributed by atoms with Crippen LogP contribution < -0.4 is 5.32 Å². The maximum Gasteiger partial charge on any atom is 0.331 e. The summed E-state index contributed by atoms with van der Waals surface area (Å²) in [5.74, 6) is 0.868. The molecule has 0 heterocycles. The van der Waals surface area contributed by atoms with Crippen LogP contribution in [0.5, 0.6) is 0 Å². The van der Waals surface area contributed by atoms with Gasteiger partial charge in [0.15, 0.2) is 0 Å². The number of rotatable bonds is 3. The van der Waals surface area contributed by atoms with E-state index >= 15 is 0 Å². The van der Waals surface area contributed by atoms with Gasteiger partial charge >= 0.3 is 5.97 Å². The molecule has 0 radical (unpaired) electrons. The lowest BCUT2D eigenvalue weighted by molar-refractivity contribution is -0.148. The van der Waals surface area contributed by atoms with Crippen molar-refractivity contribution in [2.24, 2.45) is 11.8 Å². The highest BCUT2D eigenvalue weighted by atomic mass is 79.9. The second-order valence-corrected chi connectivity index (χ2v) is 7.06. The minimum atomic E-state index is -0.565. The number of anilines is 1. The first kappa shape index (κ1) is 14.2. The predicted molar refractivity (Wildman–Crippen MR) is 83.0 cm³/mol. The summed E-state index contributed by atoms with van der Waals surface area (Å²) < 4.78 is 5.90. The highest BCUT2D eigenvalue weighted by molar-refractivity contribution is 9.10. The monoisotopic (exact) mass is 357 g/mol. The Morgan fingerprint density at radius 2 is 2.30 bits per heavy atom. The first-order chi connectivity index (χ1) is 9.55. The van der Waals surface area contributed by atoms with Crippen LogP contribution in [0.4, 0.5) is 5.69 Å². The van der Waals surface area contributed by atoms with Gasteiger partial charge < -0.3 is 10.1 Å². The third-order valence-electron chi connectivity index (χ3n) is 4.69. The molecule has 2 bridgehead atoms. The SMILES string of the molecule is COC(=O)C1(Nc2ccc(Cl)c(Br)c2)CC2CCC1C2. The zero-order valence-corrected chi connectivity index (χ0v) is 13.6. The molecule has 1 aromatic carbocycles. The molecule has 2 aliphatic carbocycles. The Morgan fingerprint density at radius 3 is 2.85 bits per heavy atom. The van der Waals surface area contributed by atoms with Gasteiger partial charge in [0.25, 0.3) is 0 Å². The molecule has 3 rings (SSSR count). The summed E-state index contributed by atoms with van der Waals surface area (Å²) >= 11 is 9.44. The van der Waals surface area contributed by atoms with Crippen LogP contribution in [-0.2, 0) is 9.53 Å². The Labute approximate surface area is 132 Å². The Morgan fingerprint density at radius 1 is 1.50 bits per heavy atom. The van der Waals surface area contributed by atoms with E-state index in [2.05, 4.69) is 21.2 Å². The highest BCUT2D eigenvalue weighted by Crippen LogP contribution is 2.52. The second kappa shape index (κ2) is 5.23. The standard InChI is InChI=1S/C15H17BrClNO2/c1-20-14(19)15(8-9-2-3-10(15)6-9)18-11-4-5-13(17)12(16)7-11/h4-5,7,9-10,18H,2-3,6,8H2,1H3. The van der Waals surface area contributed by atoms with Crippen LogP contribution in [0.15, 0.2) is 22.7 Å². The molecule has 3 unspecified atom stereocenters. The third-order valence-corrected chi connectivity index (χ3v) is 5.90. The van der Waals surface area contributed by atoms with Gasteiger partial charge in [-0.25, -0.2) is 4.79 Å². The number of methoxy groups -OCH3 is 1. The molecule has 2 aliphatic rings. The molecule has 3 nitrogen and oxygen atoms in total. The van der Waals surface area contributed by atoms with Gasteiger partial charge in [-0.1, -0.05) is 11.6 Å². The van der Waals surface area contributed by atoms with Crippen LogP contribution in [0.25, 0.3) is 0 Å². The Kier molecular flexibility index (Phi) is 3.71. The van der Waals surface area contributed by atoms with E-state index < -0.39 is 5.54 Å². The molecule has 0 aliphatic heterocycles. The van der Waals surface area contributed by atoms with Gasteiger partial charge in [0.05, 0.1) is 12.1 Å². The molecule has 2 fully saturated rings. The fraction of sp³-hybridized carbons (Fsp3) is 0.533. The van der Waals surface area contributed by atoms with Gasteiger partial charge in [-0.05, 0) is 71.6 Å². The van der Waals surface area contributed by atoms with Crippen LogP contribution in [-0.4, -0.2) is 18.6 Å². The number of carbonyl (C=O) groups is 1. The van der Waals surface area contributed by atoms with Crippen molar-refractivity contribution in [3.8, 4) is 0 Å². The molecule has 1 N–H and O–H groups in total. The average molecular weight is 359 g/mol. The highest BCUT2D eigenvalue weighted by Gasteiger charge is 2.56. The number of halogens is 2. The van der Waals surface area contributed by atoms with Crippen LogP contribution in [0, 0.1) is 11.8 Å². The second-order valence-electron chi connectivity index (χ2n) is 5.80. The fourth-order valence-electron chi connectivity index (χ4n) is 3.80.